The highest BCUT2D eigenvalue weighted by atomic mass is 16.5. The van der Waals surface area contributed by atoms with Gasteiger partial charge in [-0.15, -0.1) is 0 Å². The van der Waals surface area contributed by atoms with E-state index in [2.05, 4.69) is 5.32 Å². The zero-order valence-electron chi connectivity index (χ0n) is 17.3. The van der Waals surface area contributed by atoms with Crippen molar-refractivity contribution in [1.82, 2.24) is 0 Å². The third-order valence-electron chi connectivity index (χ3n) is 5.27. The molecule has 2 amide bonds. The van der Waals surface area contributed by atoms with Gasteiger partial charge >= 0.3 is 5.97 Å². The number of aryl methyl sites for hydroxylation is 1. The number of hydrogen-bond acceptors (Lipinski definition) is 5. The van der Waals surface area contributed by atoms with Crippen molar-refractivity contribution >= 4 is 29.2 Å². The van der Waals surface area contributed by atoms with E-state index in [9.17, 15) is 14.4 Å². The van der Waals surface area contributed by atoms with E-state index in [-0.39, 0.29) is 29.9 Å². The van der Waals surface area contributed by atoms with Crippen molar-refractivity contribution in [3.8, 4) is 0 Å². The number of amides is 2. The van der Waals surface area contributed by atoms with E-state index in [4.69, 9.17) is 9.15 Å². The van der Waals surface area contributed by atoms with Crippen LogP contribution in [0, 0.1) is 6.92 Å². The average Bonchev–Trinajstić information content (AvgIpc) is 3.40. The fourth-order valence-electron chi connectivity index (χ4n) is 3.70. The lowest BCUT2D eigenvalue weighted by Crippen LogP contribution is -2.38. The first-order chi connectivity index (χ1) is 14.9. The molecular formula is C24H22N2O5. The van der Waals surface area contributed by atoms with Gasteiger partial charge in [0.15, 0.2) is 12.4 Å². The summed E-state index contributed by atoms with van der Waals surface area (Å²) in [6, 6.07) is 15.7. The summed E-state index contributed by atoms with van der Waals surface area (Å²) in [7, 11) is 0. The zero-order valence-corrected chi connectivity index (χ0v) is 17.3. The van der Waals surface area contributed by atoms with Gasteiger partial charge in [-0.25, -0.2) is 4.79 Å². The maximum Gasteiger partial charge on any atom is 0.338 e. The zero-order chi connectivity index (χ0) is 22.0. The molecule has 0 aliphatic carbocycles. The third kappa shape index (κ3) is 4.21. The monoisotopic (exact) mass is 418 g/mol. The first-order valence-electron chi connectivity index (χ1n) is 9.96. The van der Waals surface area contributed by atoms with Gasteiger partial charge in [-0.3, -0.25) is 9.59 Å². The fraction of sp³-hybridized carbons (Fsp3) is 0.208. The summed E-state index contributed by atoms with van der Waals surface area (Å²) in [5.41, 5.74) is 3.43. The Hall–Kier alpha value is -3.87. The molecule has 0 fully saturated rings. The van der Waals surface area contributed by atoms with Crippen LogP contribution in [0.5, 0.6) is 0 Å². The van der Waals surface area contributed by atoms with Crippen LogP contribution in [0.25, 0.3) is 0 Å². The van der Waals surface area contributed by atoms with Gasteiger partial charge in [-0.05, 0) is 61.7 Å². The number of ether oxygens (including phenoxy) is 1. The van der Waals surface area contributed by atoms with E-state index in [0.29, 0.717) is 5.69 Å². The van der Waals surface area contributed by atoms with Crippen LogP contribution >= 0.6 is 0 Å². The van der Waals surface area contributed by atoms with Gasteiger partial charge in [-0.1, -0.05) is 24.3 Å². The van der Waals surface area contributed by atoms with Crippen molar-refractivity contribution in [3.05, 3.63) is 83.3 Å². The molecule has 0 bridgehead atoms. The number of nitrogens with one attached hydrogen (secondary N) is 1. The van der Waals surface area contributed by atoms with Gasteiger partial charge in [0.1, 0.15) is 0 Å². The molecule has 0 unspecified atom stereocenters. The van der Waals surface area contributed by atoms with Gasteiger partial charge in [0, 0.05) is 17.4 Å². The fourth-order valence-corrected chi connectivity index (χ4v) is 3.70. The maximum atomic E-state index is 12.7. The molecule has 1 N–H and O–H groups in total. The molecule has 7 nitrogen and oxygen atoms in total. The smallest absolute Gasteiger partial charge is 0.338 e. The van der Waals surface area contributed by atoms with E-state index in [0.717, 1.165) is 23.2 Å². The van der Waals surface area contributed by atoms with E-state index >= 15 is 0 Å². The molecule has 2 heterocycles. The summed E-state index contributed by atoms with van der Waals surface area (Å²) in [4.78, 5) is 39.2. The lowest BCUT2D eigenvalue weighted by Gasteiger charge is -2.22. The van der Waals surface area contributed by atoms with E-state index in [1.54, 1.807) is 29.2 Å². The number of fused-ring (bicyclic) bond motifs is 1. The van der Waals surface area contributed by atoms with E-state index in [1.807, 2.05) is 38.1 Å². The molecule has 1 aromatic heterocycles. The minimum absolute atomic E-state index is 0.00592. The number of carbonyl (C=O) groups excluding carboxylic acids is 3. The van der Waals surface area contributed by atoms with Crippen molar-refractivity contribution in [2.75, 3.05) is 16.8 Å². The molecule has 4 rings (SSSR count). The Morgan fingerprint density at radius 1 is 1.13 bits per heavy atom. The molecule has 2 aromatic carbocycles. The number of carbonyl (C=O) groups is 3. The number of esters is 1. The van der Waals surface area contributed by atoms with Gasteiger partial charge in [0.25, 0.3) is 11.8 Å². The molecule has 0 saturated carbocycles. The first-order valence-corrected chi connectivity index (χ1v) is 9.96. The number of rotatable bonds is 5. The molecule has 158 valence electrons. The topological polar surface area (TPSA) is 88.9 Å². The number of hydrogen-bond donors (Lipinski definition) is 1. The largest absolute Gasteiger partial charge is 0.459 e. The summed E-state index contributed by atoms with van der Waals surface area (Å²) >= 11 is 0. The van der Waals surface area contributed by atoms with Crippen LogP contribution in [0.3, 0.4) is 0 Å². The summed E-state index contributed by atoms with van der Waals surface area (Å²) < 4.78 is 10.4. The standard InChI is InChI=1S/C24H22N2O5/c1-15-9-10-18(13-19(15)25-23(28)21-8-5-11-30-21)24(29)31-14-22(27)26-16(2)12-17-6-3-4-7-20(17)26/h3-11,13,16H,12,14H2,1-2H3,(H,25,28)/t16-/m1/s1. The highest BCUT2D eigenvalue weighted by Gasteiger charge is 2.31. The average molecular weight is 418 g/mol. The highest BCUT2D eigenvalue weighted by molar-refractivity contribution is 6.04. The molecule has 0 radical (unpaired) electrons. The number of para-hydroxylation sites is 1. The molecule has 1 aliphatic rings. The molecular weight excluding hydrogens is 396 g/mol. The van der Waals surface area contributed by atoms with E-state index in [1.165, 1.54) is 12.3 Å². The normalized spacial score (nSPS) is 14.8. The van der Waals surface area contributed by atoms with Crippen molar-refractivity contribution in [3.63, 3.8) is 0 Å². The summed E-state index contributed by atoms with van der Waals surface area (Å²) in [5, 5.41) is 2.72. The summed E-state index contributed by atoms with van der Waals surface area (Å²) in [6.45, 7) is 3.41. The third-order valence-corrected chi connectivity index (χ3v) is 5.27. The van der Waals surface area contributed by atoms with Gasteiger partial charge in [-0.2, -0.15) is 0 Å². The second kappa shape index (κ2) is 8.47. The van der Waals surface area contributed by atoms with Gasteiger partial charge in [0.05, 0.1) is 11.8 Å². The van der Waals surface area contributed by atoms with E-state index < -0.39 is 11.9 Å². The molecule has 1 aliphatic heterocycles. The van der Waals surface area contributed by atoms with Crippen molar-refractivity contribution in [2.24, 2.45) is 0 Å². The Kier molecular flexibility index (Phi) is 5.58. The minimum Gasteiger partial charge on any atom is -0.459 e. The Morgan fingerprint density at radius 2 is 1.94 bits per heavy atom. The Labute approximate surface area is 179 Å². The Morgan fingerprint density at radius 3 is 2.71 bits per heavy atom. The predicted molar refractivity (Wildman–Crippen MR) is 115 cm³/mol. The van der Waals surface area contributed by atoms with Gasteiger partial charge in [0.2, 0.25) is 0 Å². The lowest BCUT2D eigenvalue weighted by atomic mass is 10.1. The molecule has 31 heavy (non-hydrogen) atoms. The molecule has 3 aromatic rings. The second-order valence-corrected chi connectivity index (χ2v) is 7.48. The van der Waals surface area contributed by atoms with Crippen molar-refractivity contribution in [1.29, 1.82) is 0 Å². The number of nitrogens with zero attached hydrogens (tertiary/aromatic N) is 1. The first kappa shape index (κ1) is 20.4. The van der Waals surface area contributed by atoms with Crippen LogP contribution in [-0.2, 0) is 16.0 Å². The minimum atomic E-state index is -0.637. The van der Waals surface area contributed by atoms with Crippen LogP contribution in [0.1, 0.15) is 39.0 Å². The number of furan rings is 1. The SMILES string of the molecule is Cc1ccc(C(=O)OCC(=O)N2c3ccccc3C[C@H]2C)cc1NC(=O)c1ccco1. The Bertz CT molecular complexity index is 1140. The highest BCUT2D eigenvalue weighted by Crippen LogP contribution is 2.31. The van der Waals surface area contributed by atoms with Crippen LogP contribution in [0.15, 0.2) is 65.3 Å². The summed E-state index contributed by atoms with van der Waals surface area (Å²) in [5.74, 6) is -1.17. The number of anilines is 2. The van der Waals surface area contributed by atoms with Crippen LogP contribution < -0.4 is 10.2 Å². The lowest BCUT2D eigenvalue weighted by molar-refractivity contribution is -0.122. The second-order valence-electron chi connectivity index (χ2n) is 7.48. The van der Waals surface area contributed by atoms with Crippen LogP contribution in [0.4, 0.5) is 11.4 Å². The molecule has 1 atom stereocenters. The maximum absolute atomic E-state index is 12.7. The van der Waals surface area contributed by atoms with Crippen LogP contribution in [-0.4, -0.2) is 30.4 Å². The molecule has 0 saturated heterocycles. The Balaban J connectivity index is 1.42. The molecule has 0 spiro atoms. The van der Waals surface area contributed by atoms with Crippen LogP contribution in [0.2, 0.25) is 0 Å². The predicted octanol–water partition coefficient (Wildman–Crippen LogP) is 3.97. The van der Waals surface area contributed by atoms with Gasteiger partial charge < -0.3 is 19.4 Å². The van der Waals surface area contributed by atoms with Crippen molar-refractivity contribution < 1.29 is 23.5 Å². The summed E-state index contributed by atoms with van der Waals surface area (Å²) in [6.07, 6.45) is 2.18. The number of benzene rings is 2. The quantitative estimate of drug-likeness (QED) is 0.633. The molecule has 7 heteroatoms. The van der Waals surface area contributed by atoms with Crippen molar-refractivity contribution in [2.45, 2.75) is 26.3 Å².